The first-order chi connectivity index (χ1) is 7.65. The van der Waals surface area contributed by atoms with Crippen LogP contribution in [0.5, 0.6) is 0 Å². The Hall–Kier alpha value is -0.390. The number of hydrogen-bond donors (Lipinski definition) is 1. The molecule has 2 aromatic rings. The lowest BCUT2D eigenvalue weighted by Crippen LogP contribution is -1.88. The highest BCUT2D eigenvalue weighted by molar-refractivity contribution is 14.1. The molecule has 0 aliphatic rings. The summed E-state index contributed by atoms with van der Waals surface area (Å²) in [7, 11) is 0. The summed E-state index contributed by atoms with van der Waals surface area (Å²) in [6.45, 7) is 0. The lowest BCUT2D eigenvalue weighted by molar-refractivity contribution is 1.40. The summed E-state index contributed by atoms with van der Waals surface area (Å²) < 4.78 is 1.08. The molecule has 1 nitrogen and oxygen atoms in total. The van der Waals surface area contributed by atoms with Crippen molar-refractivity contribution in [3.63, 3.8) is 0 Å². The average Bonchev–Trinajstić information content (AvgIpc) is 2.27. The molecule has 0 spiro atoms. The molecule has 4 heteroatoms. The molecule has 0 fully saturated rings. The Morgan fingerprint density at radius 1 is 1.00 bits per heavy atom. The quantitative estimate of drug-likeness (QED) is 0.621. The molecule has 0 saturated heterocycles. The van der Waals surface area contributed by atoms with Crippen molar-refractivity contribution in [3.05, 3.63) is 51.1 Å². The van der Waals surface area contributed by atoms with Gasteiger partial charge in [0.15, 0.2) is 0 Å². The first-order valence-corrected chi connectivity index (χ1v) is 6.91. The van der Waals surface area contributed by atoms with Gasteiger partial charge in [0.25, 0.3) is 0 Å². The number of anilines is 1. The van der Waals surface area contributed by atoms with Crippen LogP contribution in [0.1, 0.15) is 0 Å². The number of halogens is 2. The molecule has 0 bridgehead atoms. The van der Waals surface area contributed by atoms with E-state index in [1.807, 2.05) is 36.4 Å². The number of rotatable bonds is 2. The minimum absolute atomic E-state index is 0.756. The van der Waals surface area contributed by atoms with Gasteiger partial charge in [-0.25, -0.2) is 0 Å². The van der Waals surface area contributed by atoms with Gasteiger partial charge in [0, 0.05) is 24.1 Å². The van der Waals surface area contributed by atoms with Gasteiger partial charge in [-0.1, -0.05) is 23.4 Å². The van der Waals surface area contributed by atoms with E-state index in [4.69, 9.17) is 17.3 Å². The molecule has 0 aromatic heterocycles. The Morgan fingerprint density at radius 2 is 1.62 bits per heavy atom. The highest BCUT2D eigenvalue weighted by Gasteiger charge is 2.00. The monoisotopic (exact) mass is 361 g/mol. The van der Waals surface area contributed by atoms with Crippen LogP contribution < -0.4 is 5.73 Å². The summed E-state index contributed by atoms with van der Waals surface area (Å²) in [5, 5.41) is 0.756. The Labute approximate surface area is 118 Å². The summed E-state index contributed by atoms with van der Waals surface area (Å²) in [4.78, 5) is 2.30. The van der Waals surface area contributed by atoms with Crippen LogP contribution >= 0.6 is 46.0 Å². The molecule has 16 heavy (non-hydrogen) atoms. The van der Waals surface area contributed by atoms with Gasteiger partial charge in [0.1, 0.15) is 0 Å². The van der Waals surface area contributed by atoms with Crippen molar-refractivity contribution in [1.29, 1.82) is 0 Å². The summed E-state index contributed by atoms with van der Waals surface area (Å²) in [5.74, 6) is 0. The minimum Gasteiger partial charge on any atom is -0.398 e. The lowest BCUT2D eigenvalue weighted by atomic mass is 10.3. The summed E-state index contributed by atoms with van der Waals surface area (Å²) in [6, 6.07) is 13.9. The maximum Gasteiger partial charge on any atom is 0.0461 e. The van der Waals surface area contributed by atoms with E-state index < -0.39 is 0 Å². The summed E-state index contributed by atoms with van der Waals surface area (Å²) in [5.41, 5.74) is 6.68. The van der Waals surface area contributed by atoms with Crippen LogP contribution in [0.2, 0.25) is 5.02 Å². The van der Waals surface area contributed by atoms with E-state index in [2.05, 4.69) is 28.7 Å². The van der Waals surface area contributed by atoms with Crippen molar-refractivity contribution in [3.8, 4) is 0 Å². The standard InChI is InChI=1S/C12H9ClINS/c13-8-1-3-9(4-2-8)16-10-5-6-11(14)12(15)7-10/h1-7H,15H2. The SMILES string of the molecule is Nc1cc(Sc2ccc(Cl)cc2)ccc1I. The van der Waals surface area contributed by atoms with Gasteiger partial charge in [-0.15, -0.1) is 0 Å². The zero-order valence-corrected chi connectivity index (χ0v) is 12.0. The maximum absolute atomic E-state index is 5.86. The van der Waals surface area contributed by atoms with E-state index in [1.54, 1.807) is 11.8 Å². The Kier molecular flexibility index (Phi) is 4.00. The molecular formula is C12H9ClINS. The van der Waals surface area contributed by atoms with Crippen LogP contribution in [0.15, 0.2) is 52.3 Å². The van der Waals surface area contributed by atoms with Gasteiger partial charge in [-0.05, 0) is 65.1 Å². The Morgan fingerprint density at radius 3 is 2.25 bits per heavy atom. The van der Waals surface area contributed by atoms with Crippen molar-refractivity contribution in [2.75, 3.05) is 5.73 Å². The van der Waals surface area contributed by atoms with Crippen molar-refractivity contribution >= 4 is 51.6 Å². The molecule has 0 amide bonds. The van der Waals surface area contributed by atoms with E-state index in [-0.39, 0.29) is 0 Å². The molecule has 2 aromatic carbocycles. The zero-order chi connectivity index (χ0) is 11.5. The van der Waals surface area contributed by atoms with E-state index in [0.29, 0.717) is 0 Å². The number of benzene rings is 2. The van der Waals surface area contributed by atoms with Gasteiger partial charge >= 0.3 is 0 Å². The fraction of sp³-hybridized carbons (Fsp3) is 0. The van der Waals surface area contributed by atoms with Crippen molar-refractivity contribution < 1.29 is 0 Å². The molecule has 2 N–H and O–H groups in total. The third-order valence-electron chi connectivity index (χ3n) is 2.02. The third kappa shape index (κ3) is 3.06. The minimum atomic E-state index is 0.756. The summed E-state index contributed by atoms with van der Waals surface area (Å²) in [6.07, 6.45) is 0. The number of nitrogen functional groups attached to an aromatic ring is 1. The number of hydrogen-bond acceptors (Lipinski definition) is 2. The molecule has 0 saturated carbocycles. The van der Waals surface area contributed by atoms with Crippen LogP contribution in [0, 0.1) is 3.57 Å². The summed E-state index contributed by atoms with van der Waals surface area (Å²) >= 11 is 9.73. The molecule has 0 aliphatic heterocycles. The molecular weight excluding hydrogens is 353 g/mol. The molecule has 0 heterocycles. The van der Waals surface area contributed by atoms with Gasteiger partial charge in [0.05, 0.1) is 0 Å². The maximum atomic E-state index is 5.86. The second kappa shape index (κ2) is 5.29. The first kappa shape index (κ1) is 12.1. The van der Waals surface area contributed by atoms with E-state index in [1.165, 1.54) is 0 Å². The molecule has 0 atom stereocenters. The highest BCUT2D eigenvalue weighted by atomic mass is 127. The topological polar surface area (TPSA) is 26.0 Å². The van der Waals surface area contributed by atoms with Crippen molar-refractivity contribution in [2.24, 2.45) is 0 Å². The smallest absolute Gasteiger partial charge is 0.0461 e. The van der Waals surface area contributed by atoms with Crippen LogP contribution in [0.3, 0.4) is 0 Å². The number of nitrogens with two attached hydrogens (primary N) is 1. The molecule has 2 rings (SSSR count). The van der Waals surface area contributed by atoms with Crippen LogP contribution in [0.4, 0.5) is 5.69 Å². The van der Waals surface area contributed by atoms with Gasteiger partial charge in [-0.3, -0.25) is 0 Å². The average molecular weight is 362 g/mol. The van der Waals surface area contributed by atoms with Crippen LogP contribution in [-0.2, 0) is 0 Å². The predicted molar refractivity (Wildman–Crippen MR) is 79.1 cm³/mol. The molecule has 0 radical (unpaired) electrons. The Balaban J connectivity index is 2.20. The molecule has 82 valence electrons. The van der Waals surface area contributed by atoms with E-state index in [9.17, 15) is 0 Å². The largest absolute Gasteiger partial charge is 0.398 e. The fourth-order valence-electron chi connectivity index (χ4n) is 1.22. The van der Waals surface area contributed by atoms with Crippen molar-refractivity contribution in [2.45, 2.75) is 9.79 Å². The van der Waals surface area contributed by atoms with Gasteiger partial charge < -0.3 is 5.73 Å². The normalized spacial score (nSPS) is 10.4. The molecule has 0 unspecified atom stereocenters. The van der Waals surface area contributed by atoms with Gasteiger partial charge in [0.2, 0.25) is 0 Å². The third-order valence-corrected chi connectivity index (χ3v) is 4.25. The van der Waals surface area contributed by atoms with Crippen molar-refractivity contribution in [1.82, 2.24) is 0 Å². The second-order valence-electron chi connectivity index (χ2n) is 3.24. The fourth-order valence-corrected chi connectivity index (χ4v) is 2.55. The van der Waals surface area contributed by atoms with E-state index >= 15 is 0 Å². The first-order valence-electron chi connectivity index (χ1n) is 4.63. The van der Waals surface area contributed by atoms with Gasteiger partial charge in [-0.2, -0.15) is 0 Å². The predicted octanol–water partition coefficient (Wildman–Crippen LogP) is 4.68. The zero-order valence-electron chi connectivity index (χ0n) is 8.28. The Bertz CT molecular complexity index is 499. The highest BCUT2D eigenvalue weighted by Crippen LogP contribution is 2.30. The van der Waals surface area contributed by atoms with E-state index in [0.717, 1.165) is 24.1 Å². The lowest BCUT2D eigenvalue weighted by Gasteiger charge is -2.04. The van der Waals surface area contributed by atoms with Crippen LogP contribution in [-0.4, -0.2) is 0 Å². The second-order valence-corrected chi connectivity index (χ2v) is 5.98. The molecule has 0 aliphatic carbocycles. The van der Waals surface area contributed by atoms with Crippen LogP contribution in [0.25, 0.3) is 0 Å².